The first-order valence-corrected chi connectivity index (χ1v) is 22.9. The maximum Gasteiger partial charge on any atom is 0.149 e. The van der Waals surface area contributed by atoms with Crippen molar-refractivity contribution in [2.75, 3.05) is 0 Å². The molecule has 0 bridgehead atoms. The van der Waals surface area contributed by atoms with E-state index in [-0.39, 0.29) is 63.5 Å². The first kappa shape index (κ1) is 38.1. The third-order valence-electron chi connectivity index (χ3n) is 12.6. The third-order valence-corrected chi connectivity index (χ3v) is 12.6. The lowest BCUT2D eigenvalue weighted by atomic mass is 9.78. The third kappa shape index (κ3) is 8.93. The lowest BCUT2D eigenvalue weighted by Crippen LogP contribution is -2.17. The molecule has 6 aromatic carbocycles. The predicted molar refractivity (Wildman–Crippen MR) is 277 cm³/mol. The highest BCUT2D eigenvalue weighted by atomic mass is 16.3. The van der Waals surface area contributed by atoms with Crippen LogP contribution in [-0.4, -0.2) is 19.6 Å². The van der Waals surface area contributed by atoms with Crippen molar-refractivity contribution < 1.29 is 13.3 Å². The van der Waals surface area contributed by atoms with Gasteiger partial charge in [-0.15, -0.1) is 0 Å². The second kappa shape index (κ2) is 16.9. The van der Waals surface area contributed by atoms with E-state index in [0.717, 1.165) is 66.8 Å². The number of phenolic OH excluding ortho intramolecular Hbond substituents is 1. The van der Waals surface area contributed by atoms with Crippen LogP contribution in [0.5, 0.6) is 5.75 Å². The number of benzene rings is 6. The lowest BCUT2D eigenvalue weighted by Gasteiger charge is -2.28. The number of hydrogen-bond donors (Lipinski definition) is 1. The van der Waals surface area contributed by atoms with Crippen molar-refractivity contribution in [1.82, 2.24) is 14.5 Å². The van der Waals surface area contributed by atoms with E-state index in [2.05, 4.69) is 172 Å². The standard InChI is InChI=1S/C61H67N3O/c1-37(2)49-32-43(40-21-16-15-17-22-40)33-50(38(3)4)56(49)64-54-25-19-24-48(55(54)63-58(64)51-35-47(60(9,10)11)36-52(57(51)65)61(12,13)14)44-29-45(31-46(30-44)59(6,7)8)53-34-42(26-27-62-53)41-23-18-20-39(5)28-41/h15-38,65H,1-14H3/i5D3,26D,27D,34D. The predicted octanol–water partition coefficient (Wildman–Crippen LogP) is 16.9. The molecule has 2 aromatic heterocycles. The Morgan fingerprint density at radius 3 is 1.85 bits per heavy atom. The number of aromatic hydroxyl groups is 1. The molecule has 65 heavy (non-hydrogen) atoms. The lowest BCUT2D eigenvalue weighted by molar-refractivity contribution is 0.446. The highest BCUT2D eigenvalue weighted by Crippen LogP contribution is 2.47. The maximum absolute atomic E-state index is 12.7. The van der Waals surface area contributed by atoms with Crippen LogP contribution in [0.2, 0.25) is 0 Å². The Balaban J connectivity index is 1.49. The summed E-state index contributed by atoms with van der Waals surface area (Å²) in [6, 6.07) is 37.7. The van der Waals surface area contributed by atoms with E-state index >= 15 is 0 Å². The molecule has 1 N–H and O–H groups in total. The van der Waals surface area contributed by atoms with Gasteiger partial charge < -0.3 is 5.11 Å². The average Bonchev–Trinajstić information content (AvgIpc) is 3.68. The summed E-state index contributed by atoms with van der Waals surface area (Å²) in [6.07, 6.45) is -0.314. The van der Waals surface area contributed by atoms with Gasteiger partial charge in [0.1, 0.15) is 11.6 Å². The van der Waals surface area contributed by atoms with Gasteiger partial charge in [-0.25, -0.2) is 4.98 Å². The van der Waals surface area contributed by atoms with Gasteiger partial charge in [-0.1, -0.05) is 174 Å². The van der Waals surface area contributed by atoms with Crippen LogP contribution in [0, 0.1) is 6.85 Å². The molecule has 4 nitrogen and oxygen atoms in total. The molecule has 0 spiro atoms. The second-order valence-corrected chi connectivity index (χ2v) is 21.4. The van der Waals surface area contributed by atoms with E-state index in [0.29, 0.717) is 22.5 Å². The molecular weight excluding hydrogens is 791 g/mol. The number of imidazole rings is 1. The second-order valence-electron chi connectivity index (χ2n) is 21.4. The number of fused-ring (bicyclic) bond motifs is 1. The maximum atomic E-state index is 12.7. The molecule has 8 rings (SSSR count). The van der Waals surface area contributed by atoms with Crippen LogP contribution in [0.1, 0.15) is 143 Å². The Kier molecular flexibility index (Phi) is 9.92. The molecule has 332 valence electrons. The van der Waals surface area contributed by atoms with Crippen molar-refractivity contribution in [2.45, 2.75) is 125 Å². The SMILES string of the molecule is [2H]c1nc(-c2cc(-c3cccc4c3nc(-c3cc(C(C)(C)C)cc(C(C)(C)C)c3O)n4-c3c(C(C)C)cc(-c4ccccc4)cc3C(C)C)cc(C(C)(C)C)c2)c([2H])c(-c2cccc(C([2H])([2H])[2H])c2)c1[2H]. The van der Waals surface area contributed by atoms with Crippen molar-refractivity contribution in [3.63, 3.8) is 0 Å². The highest BCUT2D eigenvalue weighted by molar-refractivity contribution is 5.97. The number of aromatic nitrogens is 3. The first-order valence-electron chi connectivity index (χ1n) is 25.9. The summed E-state index contributed by atoms with van der Waals surface area (Å²) in [5, 5.41) is 12.7. The van der Waals surface area contributed by atoms with Crippen LogP contribution in [0.3, 0.4) is 0 Å². The van der Waals surface area contributed by atoms with Gasteiger partial charge in [0.2, 0.25) is 0 Å². The van der Waals surface area contributed by atoms with Gasteiger partial charge in [-0.05, 0) is 133 Å². The molecule has 0 aliphatic heterocycles. The summed E-state index contributed by atoms with van der Waals surface area (Å²) in [5.41, 5.74) is 12.7. The molecule has 0 amide bonds. The first-order chi connectivity index (χ1) is 33.1. The Bertz CT molecular complexity index is 3310. The molecule has 0 aliphatic rings. The smallest absolute Gasteiger partial charge is 0.149 e. The largest absolute Gasteiger partial charge is 0.507 e. The van der Waals surface area contributed by atoms with Gasteiger partial charge >= 0.3 is 0 Å². The van der Waals surface area contributed by atoms with Gasteiger partial charge in [-0.2, -0.15) is 0 Å². The van der Waals surface area contributed by atoms with Crippen molar-refractivity contribution in [2.24, 2.45) is 0 Å². The minimum absolute atomic E-state index is 0.0688. The molecule has 0 atom stereocenters. The topological polar surface area (TPSA) is 50.9 Å². The monoisotopic (exact) mass is 864 g/mol. The van der Waals surface area contributed by atoms with Crippen molar-refractivity contribution >= 4 is 11.0 Å². The van der Waals surface area contributed by atoms with Crippen LogP contribution in [-0.2, 0) is 16.2 Å². The number of phenols is 1. The fourth-order valence-corrected chi connectivity index (χ4v) is 8.79. The average molecular weight is 864 g/mol. The van der Waals surface area contributed by atoms with Crippen molar-refractivity contribution in [3.8, 4) is 67.5 Å². The van der Waals surface area contributed by atoms with Crippen LogP contribution in [0.15, 0.2) is 134 Å². The van der Waals surface area contributed by atoms with Gasteiger partial charge in [0.15, 0.2) is 0 Å². The Hall–Kier alpha value is -6.26. The summed E-state index contributed by atoms with van der Waals surface area (Å²) in [6.45, 7) is 25.9. The molecule has 0 aliphatic carbocycles. The van der Waals surface area contributed by atoms with Gasteiger partial charge in [0, 0.05) is 27.0 Å². The highest BCUT2D eigenvalue weighted by Gasteiger charge is 2.31. The number of aryl methyl sites for hydroxylation is 1. The summed E-state index contributed by atoms with van der Waals surface area (Å²) >= 11 is 0. The molecule has 0 fully saturated rings. The number of hydrogen-bond acceptors (Lipinski definition) is 3. The van der Waals surface area contributed by atoms with Gasteiger partial charge in [0.25, 0.3) is 0 Å². The number of para-hydroxylation sites is 1. The van der Waals surface area contributed by atoms with Crippen LogP contribution >= 0.6 is 0 Å². The normalized spacial score (nSPS) is 14.0. The molecule has 0 saturated carbocycles. The van der Waals surface area contributed by atoms with E-state index in [1.54, 1.807) is 12.1 Å². The van der Waals surface area contributed by atoms with E-state index < -0.39 is 12.3 Å². The van der Waals surface area contributed by atoms with Crippen molar-refractivity contribution in [1.29, 1.82) is 0 Å². The Labute approximate surface area is 396 Å². The zero-order valence-electron chi connectivity index (χ0n) is 46.4. The van der Waals surface area contributed by atoms with Crippen molar-refractivity contribution in [3.05, 3.63) is 167 Å². The zero-order valence-corrected chi connectivity index (χ0v) is 40.4. The molecule has 0 unspecified atom stereocenters. The molecule has 0 radical (unpaired) electrons. The molecule has 4 heteroatoms. The number of rotatable bonds is 8. The Morgan fingerprint density at radius 1 is 0.585 bits per heavy atom. The van der Waals surface area contributed by atoms with Crippen LogP contribution in [0.25, 0.3) is 72.7 Å². The fraction of sp³-hybridized carbons (Fsp3) is 0.311. The zero-order chi connectivity index (χ0) is 51.9. The summed E-state index contributed by atoms with van der Waals surface area (Å²) in [5.74, 6) is 1.02. The molecule has 0 saturated heterocycles. The minimum Gasteiger partial charge on any atom is -0.507 e. The Morgan fingerprint density at radius 2 is 1.22 bits per heavy atom. The van der Waals surface area contributed by atoms with Gasteiger partial charge in [-0.3, -0.25) is 9.55 Å². The molecular formula is C61H67N3O. The van der Waals surface area contributed by atoms with E-state index in [9.17, 15) is 6.48 Å². The number of pyridine rings is 1. The van der Waals surface area contributed by atoms with E-state index in [1.165, 1.54) is 12.1 Å². The van der Waals surface area contributed by atoms with Crippen LogP contribution < -0.4 is 0 Å². The molecule has 8 aromatic rings. The minimum atomic E-state index is -2.40. The van der Waals surface area contributed by atoms with Crippen LogP contribution in [0.4, 0.5) is 0 Å². The molecule has 2 heterocycles. The fourth-order valence-electron chi connectivity index (χ4n) is 8.79. The van der Waals surface area contributed by atoms with E-state index in [4.69, 9.17) is 11.8 Å². The van der Waals surface area contributed by atoms with E-state index in [1.807, 2.05) is 18.2 Å². The summed E-state index contributed by atoms with van der Waals surface area (Å²) < 4.78 is 54.0. The number of nitrogens with zero attached hydrogens (tertiary/aromatic N) is 3. The van der Waals surface area contributed by atoms with Gasteiger partial charge in [0.05, 0.1) is 32.1 Å². The summed E-state index contributed by atoms with van der Waals surface area (Å²) in [7, 11) is 0. The quantitative estimate of drug-likeness (QED) is 0.166. The summed E-state index contributed by atoms with van der Waals surface area (Å²) in [4.78, 5) is 10.3.